The molecule has 1 aliphatic heterocycles. The van der Waals surface area contributed by atoms with Gasteiger partial charge in [-0.1, -0.05) is 18.2 Å². The number of benzene rings is 1. The van der Waals surface area contributed by atoms with Crippen LogP contribution >= 0.6 is 0 Å². The molecule has 1 aromatic rings. The average molecular weight is 191 g/mol. The van der Waals surface area contributed by atoms with Gasteiger partial charge in [-0.2, -0.15) is 0 Å². The predicted octanol–water partition coefficient (Wildman–Crippen LogP) is 2.51. The van der Waals surface area contributed by atoms with E-state index in [-0.39, 0.29) is 6.10 Å². The van der Waals surface area contributed by atoms with Crippen LogP contribution in [0, 0.1) is 0 Å². The summed E-state index contributed by atoms with van der Waals surface area (Å²) in [5, 5.41) is 3.40. The number of rotatable bonds is 3. The SMILES string of the molecule is CC(C)Oc1ccccc1[C@@H]1CCN1. The van der Waals surface area contributed by atoms with Crippen molar-refractivity contribution in [3.63, 3.8) is 0 Å². The highest BCUT2D eigenvalue weighted by Crippen LogP contribution is 2.31. The van der Waals surface area contributed by atoms with Crippen molar-refractivity contribution in [1.82, 2.24) is 5.32 Å². The number of para-hydroxylation sites is 1. The lowest BCUT2D eigenvalue weighted by molar-refractivity contribution is 0.233. The molecule has 2 heteroatoms. The van der Waals surface area contributed by atoms with E-state index in [0.717, 1.165) is 12.3 Å². The summed E-state index contributed by atoms with van der Waals surface area (Å²) in [7, 11) is 0. The summed E-state index contributed by atoms with van der Waals surface area (Å²) >= 11 is 0. The number of hydrogen-bond donors (Lipinski definition) is 1. The molecule has 2 nitrogen and oxygen atoms in total. The second-order valence-electron chi connectivity index (χ2n) is 4.00. The van der Waals surface area contributed by atoms with Crippen LogP contribution in [0.2, 0.25) is 0 Å². The Morgan fingerprint density at radius 3 is 2.64 bits per heavy atom. The molecule has 1 N–H and O–H groups in total. The molecule has 1 atom stereocenters. The predicted molar refractivity (Wildman–Crippen MR) is 57.6 cm³/mol. The minimum atomic E-state index is 0.247. The zero-order valence-electron chi connectivity index (χ0n) is 8.79. The Hall–Kier alpha value is -1.02. The van der Waals surface area contributed by atoms with Gasteiger partial charge in [-0.3, -0.25) is 0 Å². The Bertz CT molecular complexity index is 305. The normalized spacial score (nSPS) is 20.6. The molecule has 0 bridgehead atoms. The van der Waals surface area contributed by atoms with Crippen LogP contribution in [0.3, 0.4) is 0 Å². The molecule has 0 aliphatic carbocycles. The molecule has 0 spiro atoms. The molecule has 2 rings (SSSR count). The maximum atomic E-state index is 5.76. The van der Waals surface area contributed by atoms with Gasteiger partial charge in [0.2, 0.25) is 0 Å². The van der Waals surface area contributed by atoms with Gasteiger partial charge in [-0.05, 0) is 32.9 Å². The zero-order valence-corrected chi connectivity index (χ0v) is 8.79. The third-order valence-electron chi connectivity index (χ3n) is 2.48. The lowest BCUT2D eigenvalue weighted by atomic mass is 9.97. The van der Waals surface area contributed by atoms with E-state index in [1.807, 2.05) is 6.07 Å². The Labute approximate surface area is 85.3 Å². The van der Waals surface area contributed by atoms with E-state index < -0.39 is 0 Å². The van der Waals surface area contributed by atoms with Crippen molar-refractivity contribution in [2.24, 2.45) is 0 Å². The highest BCUT2D eigenvalue weighted by molar-refractivity contribution is 5.37. The van der Waals surface area contributed by atoms with Gasteiger partial charge in [0, 0.05) is 11.6 Å². The summed E-state index contributed by atoms with van der Waals surface area (Å²) in [6.45, 7) is 5.25. The van der Waals surface area contributed by atoms with Gasteiger partial charge in [0.05, 0.1) is 6.10 Å². The summed E-state index contributed by atoms with van der Waals surface area (Å²) in [6.07, 6.45) is 1.47. The lowest BCUT2D eigenvalue weighted by Crippen LogP contribution is -2.35. The molecule has 0 amide bonds. The molecule has 1 fully saturated rings. The molecule has 1 heterocycles. The number of ether oxygens (including phenoxy) is 1. The second-order valence-corrected chi connectivity index (χ2v) is 4.00. The third kappa shape index (κ3) is 1.90. The van der Waals surface area contributed by atoms with Crippen LogP contribution in [0.15, 0.2) is 24.3 Å². The van der Waals surface area contributed by atoms with Crippen molar-refractivity contribution in [3.05, 3.63) is 29.8 Å². The molecule has 1 aliphatic rings. The van der Waals surface area contributed by atoms with E-state index in [9.17, 15) is 0 Å². The van der Waals surface area contributed by atoms with Crippen molar-refractivity contribution in [3.8, 4) is 5.75 Å². The fourth-order valence-electron chi connectivity index (χ4n) is 1.68. The Morgan fingerprint density at radius 2 is 2.07 bits per heavy atom. The molecule has 1 saturated heterocycles. The van der Waals surface area contributed by atoms with Crippen molar-refractivity contribution in [2.75, 3.05) is 6.54 Å². The van der Waals surface area contributed by atoms with E-state index in [1.54, 1.807) is 0 Å². The van der Waals surface area contributed by atoms with Crippen molar-refractivity contribution in [1.29, 1.82) is 0 Å². The average Bonchev–Trinajstić information content (AvgIpc) is 2.04. The van der Waals surface area contributed by atoms with E-state index in [2.05, 4.69) is 37.4 Å². The van der Waals surface area contributed by atoms with Crippen LogP contribution in [-0.4, -0.2) is 12.6 Å². The van der Waals surface area contributed by atoms with Crippen LogP contribution in [0.1, 0.15) is 31.9 Å². The van der Waals surface area contributed by atoms with E-state index in [1.165, 1.54) is 12.0 Å². The van der Waals surface area contributed by atoms with Crippen LogP contribution < -0.4 is 10.1 Å². The van der Waals surface area contributed by atoms with Crippen LogP contribution in [0.5, 0.6) is 5.75 Å². The van der Waals surface area contributed by atoms with Gasteiger partial charge in [0.25, 0.3) is 0 Å². The van der Waals surface area contributed by atoms with Gasteiger partial charge in [0.1, 0.15) is 5.75 Å². The summed E-state index contributed by atoms with van der Waals surface area (Å²) < 4.78 is 5.76. The summed E-state index contributed by atoms with van der Waals surface area (Å²) in [6, 6.07) is 8.80. The highest BCUT2D eigenvalue weighted by Gasteiger charge is 2.21. The summed E-state index contributed by atoms with van der Waals surface area (Å²) in [5.41, 5.74) is 1.30. The van der Waals surface area contributed by atoms with Crippen LogP contribution in [-0.2, 0) is 0 Å². The first-order chi connectivity index (χ1) is 6.77. The molecule has 0 radical (unpaired) electrons. The first-order valence-corrected chi connectivity index (χ1v) is 5.26. The van der Waals surface area contributed by atoms with Gasteiger partial charge < -0.3 is 10.1 Å². The molecule has 14 heavy (non-hydrogen) atoms. The largest absolute Gasteiger partial charge is 0.491 e. The quantitative estimate of drug-likeness (QED) is 0.792. The third-order valence-corrected chi connectivity index (χ3v) is 2.48. The first kappa shape index (κ1) is 9.53. The topological polar surface area (TPSA) is 21.3 Å². The van der Waals surface area contributed by atoms with E-state index in [0.29, 0.717) is 6.04 Å². The van der Waals surface area contributed by atoms with Crippen molar-refractivity contribution < 1.29 is 4.74 Å². The maximum absolute atomic E-state index is 5.76. The standard InChI is InChI=1S/C12H17NO/c1-9(2)14-12-6-4-3-5-10(12)11-7-8-13-11/h3-6,9,11,13H,7-8H2,1-2H3/t11-/m0/s1. The monoisotopic (exact) mass is 191 g/mol. The Kier molecular flexibility index (Phi) is 2.73. The summed E-state index contributed by atoms with van der Waals surface area (Å²) in [5.74, 6) is 1.03. The van der Waals surface area contributed by atoms with Crippen molar-refractivity contribution >= 4 is 0 Å². The molecule has 0 unspecified atom stereocenters. The fraction of sp³-hybridized carbons (Fsp3) is 0.500. The maximum Gasteiger partial charge on any atom is 0.124 e. The molecule has 0 saturated carbocycles. The molecule has 0 aromatic heterocycles. The molecule has 76 valence electrons. The van der Waals surface area contributed by atoms with Gasteiger partial charge in [-0.25, -0.2) is 0 Å². The smallest absolute Gasteiger partial charge is 0.124 e. The Balaban J connectivity index is 2.19. The minimum Gasteiger partial charge on any atom is -0.491 e. The Morgan fingerprint density at radius 1 is 1.36 bits per heavy atom. The zero-order chi connectivity index (χ0) is 9.97. The van der Waals surface area contributed by atoms with E-state index in [4.69, 9.17) is 4.74 Å². The van der Waals surface area contributed by atoms with Crippen LogP contribution in [0.25, 0.3) is 0 Å². The molecular formula is C12H17NO. The first-order valence-electron chi connectivity index (χ1n) is 5.26. The minimum absolute atomic E-state index is 0.247. The van der Waals surface area contributed by atoms with Gasteiger partial charge >= 0.3 is 0 Å². The van der Waals surface area contributed by atoms with Gasteiger partial charge in [-0.15, -0.1) is 0 Å². The fourth-order valence-corrected chi connectivity index (χ4v) is 1.68. The number of hydrogen-bond acceptors (Lipinski definition) is 2. The van der Waals surface area contributed by atoms with E-state index >= 15 is 0 Å². The molecular weight excluding hydrogens is 174 g/mol. The highest BCUT2D eigenvalue weighted by atomic mass is 16.5. The molecule has 1 aromatic carbocycles. The van der Waals surface area contributed by atoms with Gasteiger partial charge in [0.15, 0.2) is 0 Å². The van der Waals surface area contributed by atoms with Crippen LogP contribution in [0.4, 0.5) is 0 Å². The number of nitrogens with one attached hydrogen (secondary N) is 1. The summed E-state index contributed by atoms with van der Waals surface area (Å²) in [4.78, 5) is 0. The second kappa shape index (κ2) is 4.01. The lowest BCUT2D eigenvalue weighted by Gasteiger charge is -2.29. The van der Waals surface area contributed by atoms with Crippen molar-refractivity contribution in [2.45, 2.75) is 32.4 Å².